The molecule has 1 rings (SSSR count). The number of aromatic nitrogens is 1. The predicted molar refractivity (Wildman–Crippen MR) is 45.3 cm³/mol. The molecule has 0 saturated heterocycles. The summed E-state index contributed by atoms with van der Waals surface area (Å²) in [5.74, 6) is -1.39. The van der Waals surface area contributed by atoms with Gasteiger partial charge in [-0.15, -0.1) is 0 Å². The normalized spacial score (nSPS) is 12.1. The van der Waals surface area contributed by atoms with Gasteiger partial charge in [-0.25, -0.2) is 27.3 Å². The van der Waals surface area contributed by atoms with Crippen LogP contribution in [0, 0.1) is 12.9 Å². The fourth-order valence-corrected chi connectivity index (χ4v) is 1.76. The Hall–Kier alpha value is -1.15. The van der Waals surface area contributed by atoms with E-state index in [4.69, 9.17) is 5.14 Å². The molecule has 0 fully saturated rings. The first-order valence-corrected chi connectivity index (χ1v) is 5.26. The quantitative estimate of drug-likeness (QED) is 0.787. The van der Waals surface area contributed by atoms with Crippen LogP contribution in [-0.2, 0) is 10.0 Å². The second-order valence-electron chi connectivity index (χ2n) is 2.80. The van der Waals surface area contributed by atoms with Gasteiger partial charge in [-0.3, -0.25) is 0 Å². The van der Waals surface area contributed by atoms with Gasteiger partial charge < -0.3 is 0 Å². The summed E-state index contributed by atoms with van der Waals surface area (Å²) >= 11 is 0. The highest BCUT2D eigenvalue weighted by molar-refractivity contribution is 7.89. The molecular weight excluding hydrogens is 233 g/mol. The third-order valence-electron chi connectivity index (χ3n) is 1.69. The van der Waals surface area contributed by atoms with E-state index in [2.05, 4.69) is 4.98 Å². The highest BCUT2D eigenvalue weighted by Crippen LogP contribution is 2.24. The molecule has 1 aromatic rings. The van der Waals surface area contributed by atoms with Crippen LogP contribution in [0.4, 0.5) is 13.2 Å². The molecular formula is C7H7F3N2O2S. The predicted octanol–water partition coefficient (Wildman–Crippen LogP) is 1.11. The number of halogens is 3. The molecule has 0 bridgehead atoms. The van der Waals surface area contributed by atoms with Crippen molar-refractivity contribution in [3.63, 3.8) is 0 Å². The summed E-state index contributed by atoms with van der Waals surface area (Å²) in [6, 6.07) is 0.498. The Labute approximate surface area is 84.0 Å². The Morgan fingerprint density at radius 1 is 1.47 bits per heavy atom. The molecule has 0 saturated carbocycles. The molecule has 0 aliphatic rings. The minimum absolute atomic E-state index is 0.251. The summed E-state index contributed by atoms with van der Waals surface area (Å²) in [6.45, 7) is 1.16. The lowest BCUT2D eigenvalue weighted by Crippen LogP contribution is -2.16. The van der Waals surface area contributed by atoms with Gasteiger partial charge in [0.1, 0.15) is 4.90 Å². The zero-order chi connectivity index (χ0) is 11.8. The maximum atomic E-state index is 12.8. The van der Waals surface area contributed by atoms with E-state index >= 15 is 0 Å². The van der Waals surface area contributed by atoms with Crippen molar-refractivity contribution >= 4 is 10.0 Å². The van der Waals surface area contributed by atoms with Gasteiger partial charge in [-0.1, -0.05) is 0 Å². The topological polar surface area (TPSA) is 73.0 Å². The molecule has 84 valence electrons. The number of hydrogen-bond donors (Lipinski definition) is 1. The largest absolute Gasteiger partial charge is 0.268 e. The number of pyridine rings is 1. The van der Waals surface area contributed by atoms with Crippen molar-refractivity contribution in [2.75, 3.05) is 0 Å². The second kappa shape index (κ2) is 3.78. The van der Waals surface area contributed by atoms with Gasteiger partial charge >= 0.3 is 0 Å². The summed E-state index contributed by atoms with van der Waals surface area (Å²) in [7, 11) is -4.17. The van der Waals surface area contributed by atoms with E-state index < -0.39 is 32.9 Å². The van der Waals surface area contributed by atoms with Crippen LogP contribution in [-0.4, -0.2) is 13.4 Å². The molecule has 0 amide bonds. The van der Waals surface area contributed by atoms with Crippen molar-refractivity contribution in [3.05, 3.63) is 23.3 Å². The number of alkyl halides is 2. The van der Waals surface area contributed by atoms with Crippen LogP contribution in [0.15, 0.2) is 11.0 Å². The lowest BCUT2D eigenvalue weighted by molar-refractivity contribution is 0.144. The van der Waals surface area contributed by atoms with Crippen LogP contribution in [0.1, 0.15) is 17.7 Å². The summed E-state index contributed by atoms with van der Waals surface area (Å²) < 4.78 is 59.1. The van der Waals surface area contributed by atoms with E-state index in [9.17, 15) is 21.6 Å². The molecule has 1 aromatic heterocycles. The molecule has 0 aliphatic heterocycles. The van der Waals surface area contributed by atoms with Crippen molar-refractivity contribution in [1.29, 1.82) is 0 Å². The van der Waals surface area contributed by atoms with Gasteiger partial charge in [0, 0.05) is 0 Å². The summed E-state index contributed by atoms with van der Waals surface area (Å²) in [4.78, 5) is 2.46. The monoisotopic (exact) mass is 240 g/mol. The summed E-state index contributed by atoms with van der Waals surface area (Å²) in [6.07, 6.45) is -3.14. The molecule has 0 spiro atoms. The fourth-order valence-electron chi connectivity index (χ4n) is 1.01. The lowest BCUT2D eigenvalue weighted by atomic mass is 10.2. The molecule has 0 atom stereocenters. The highest BCUT2D eigenvalue weighted by Gasteiger charge is 2.21. The minimum Gasteiger partial charge on any atom is -0.225 e. The van der Waals surface area contributed by atoms with Gasteiger partial charge in [0.05, 0.1) is 11.3 Å². The number of nitrogens with zero attached hydrogens (tertiary/aromatic N) is 1. The number of primary sulfonamides is 1. The first kappa shape index (κ1) is 11.9. The average Bonchev–Trinajstić information content (AvgIpc) is 2.00. The SMILES string of the molecule is Cc1nc(F)c(C(F)F)cc1S(N)(=O)=O. The van der Waals surface area contributed by atoms with E-state index in [1.54, 1.807) is 0 Å². The van der Waals surface area contributed by atoms with E-state index in [1.807, 2.05) is 0 Å². The maximum absolute atomic E-state index is 12.8. The molecule has 8 heteroatoms. The van der Waals surface area contributed by atoms with Crippen molar-refractivity contribution in [2.45, 2.75) is 18.2 Å². The minimum atomic E-state index is -4.17. The van der Waals surface area contributed by atoms with Crippen LogP contribution in [0.2, 0.25) is 0 Å². The third-order valence-corrected chi connectivity index (χ3v) is 2.72. The Bertz CT molecular complexity index is 487. The smallest absolute Gasteiger partial charge is 0.225 e. The lowest BCUT2D eigenvalue weighted by Gasteiger charge is -2.06. The van der Waals surface area contributed by atoms with Gasteiger partial charge in [0.25, 0.3) is 6.43 Å². The number of sulfonamides is 1. The average molecular weight is 240 g/mol. The molecule has 0 radical (unpaired) electrons. The number of nitrogens with two attached hydrogens (primary N) is 1. The van der Waals surface area contributed by atoms with Crippen LogP contribution in [0.3, 0.4) is 0 Å². The Morgan fingerprint density at radius 3 is 2.40 bits per heavy atom. The first-order valence-electron chi connectivity index (χ1n) is 3.71. The van der Waals surface area contributed by atoms with E-state index in [0.29, 0.717) is 6.07 Å². The molecule has 4 nitrogen and oxygen atoms in total. The molecule has 0 aromatic carbocycles. The van der Waals surface area contributed by atoms with Gasteiger partial charge in [-0.05, 0) is 13.0 Å². The Morgan fingerprint density at radius 2 is 2.00 bits per heavy atom. The van der Waals surface area contributed by atoms with Crippen molar-refractivity contribution < 1.29 is 21.6 Å². The van der Waals surface area contributed by atoms with Crippen LogP contribution >= 0.6 is 0 Å². The van der Waals surface area contributed by atoms with Gasteiger partial charge in [0.2, 0.25) is 16.0 Å². The summed E-state index contributed by atoms with van der Waals surface area (Å²) in [5, 5.41) is 4.74. The highest BCUT2D eigenvalue weighted by atomic mass is 32.2. The molecule has 2 N–H and O–H groups in total. The Balaban J connectivity index is 3.50. The second-order valence-corrected chi connectivity index (χ2v) is 4.33. The standard InChI is InChI=1S/C7H7F3N2O2S/c1-3-5(15(11,13)14)2-4(6(8)9)7(10)12-3/h2,6H,1H3,(H2,11,13,14). The summed E-state index contributed by atoms with van der Waals surface area (Å²) in [5.41, 5.74) is -1.33. The van der Waals surface area contributed by atoms with Crippen LogP contribution in [0.5, 0.6) is 0 Å². The van der Waals surface area contributed by atoms with Crippen molar-refractivity contribution in [1.82, 2.24) is 4.98 Å². The molecule has 15 heavy (non-hydrogen) atoms. The third kappa shape index (κ3) is 2.45. The number of hydrogen-bond acceptors (Lipinski definition) is 3. The van der Waals surface area contributed by atoms with Crippen molar-refractivity contribution in [3.8, 4) is 0 Å². The van der Waals surface area contributed by atoms with Crippen LogP contribution in [0.25, 0.3) is 0 Å². The van der Waals surface area contributed by atoms with E-state index in [-0.39, 0.29) is 5.69 Å². The number of rotatable bonds is 2. The van der Waals surface area contributed by atoms with Crippen molar-refractivity contribution in [2.24, 2.45) is 5.14 Å². The maximum Gasteiger partial charge on any atom is 0.268 e. The zero-order valence-electron chi connectivity index (χ0n) is 7.54. The molecule has 1 heterocycles. The zero-order valence-corrected chi connectivity index (χ0v) is 8.35. The van der Waals surface area contributed by atoms with Crippen LogP contribution < -0.4 is 5.14 Å². The fraction of sp³-hybridized carbons (Fsp3) is 0.286. The van der Waals surface area contributed by atoms with E-state index in [1.165, 1.54) is 0 Å². The molecule has 0 aliphatic carbocycles. The van der Waals surface area contributed by atoms with Gasteiger partial charge in [-0.2, -0.15) is 4.39 Å². The van der Waals surface area contributed by atoms with E-state index in [0.717, 1.165) is 6.92 Å². The molecule has 0 unspecified atom stereocenters. The first-order chi connectivity index (χ1) is 6.73. The number of aryl methyl sites for hydroxylation is 1. The Kier molecular flexibility index (Phi) is 3.00. The van der Waals surface area contributed by atoms with Gasteiger partial charge in [0.15, 0.2) is 0 Å².